The van der Waals surface area contributed by atoms with Gasteiger partial charge in [-0.05, 0) is 24.7 Å². The zero-order valence-corrected chi connectivity index (χ0v) is 11.9. The lowest BCUT2D eigenvalue weighted by Gasteiger charge is -2.18. The van der Waals surface area contributed by atoms with Crippen molar-refractivity contribution in [3.05, 3.63) is 18.2 Å². The van der Waals surface area contributed by atoms with Crippen molar-refractivity contribution in [3.63, 3.8) is 0 Å². The standard InChI is InChI=1S/C14H20N4O3/c19-13(20)12-8-17(9-16-12)5-4-15-14(21)18-6-10-2-1-3-11(10)7-18/h8-11H,1-7H2,(H,15,21)(H,19,20). The number of carboxylic acids is 1. The summed E-state index contributed by atoms with van der Waals surface area (Å²) in [4.78, 5) is 28.5. The molecule has 2 N–H and O–H groups in total. The van der Waals surface area contributed by atoms with Crippen LogP contribution in [0.3, 0.4) is 0 Å². The van der Waals surface area contributed by atoms with Gasteiger partial charge in [-0.15, -0.1) is 0 Å². The zero-order chi connectivity index (χ0) is 14.8. The monoisotopic (exact) mass is 292 g/mol. The fourth-order valence-corrected chi connectivity index (χ4v) is 3.40. The van der Waals surface area contributed by atoms with Crippen molar-refractivity contribution in [1.29, 1.82) is 0 Å². The lowest BCUT2D eigenvalue weighted by atomic mass is 10.0. The molecule has 0 aromatic carbocycles. The molecule has 2 unspecified atom stereocenters. The second-order valence-corrected chi connectivity index (χ2v) is 5.89. The van der Waals surface area contributed by atoms with Gasteiger partial charge in [-0.3, -0.25) is 0 Å². The molecule has 0 spiro atoms. The average molecular weight is 292 g/mol. The third-order valence-electron chi connectivity index (χ3n) is 4.51. The zero-order valence-electron chi connectivity index (χ0n) is 11.9. The maximum atomic E-state index is 12.1. The summed E-state index contributed by atoms with van der Waals surface area (Å²) in [7, 11) is 0. The molecule has 21 heavy (non-hydrogen) atoms. The smallest absolute Gasteiger partial charge is 0.356 e. The van der Waals surface area contributed by atoms with Crippen LogP contribution in [0.2, 0.25) is 0 Å². The number of aromatic carboxylic acids is 1. The maximum absolute atomic E-state index is 12.1. The highest BCUT2D eigenvalue weighted by Crippen LogP contribution is 2.37. The van der Waals surface area contributed by atoms with Crippen LogP contribution in [0.25, 0.3) is 0 Å². The van der Waals surface area contributed by atoms with Gasteiger partial charge < -0.3 is 19.9 Å². The SMILES string of the molecule is O=C(O)c1cn(CCNC(=O)N2CC3CCCC3C2)cn1. The fraction of sp³-hybridized carbons (Fsp3) is 0.643. The highest BCUT2D eigenvalue weighted by molar-refractivity contribution is 5.84. The van der Waals surface area contributed by atoms with Crippen LogP contribution in [0.1, 0.15) is 29.8 Å². The van der Waals surface area contributed by atoms with Crippen molar-refractivity contribution < 1.29 is 14.7 Å². The Balaban J connectivity index is 1.42. The van der Waals surface area contributed by atoms with Crippen LogP contribution in [-0.2, 0) is 6.54 Å². The first kappa shape index (κ1) is 13.9. The van der Waals surface area contributed by atoms with Gasteiger partial charge in [0.25, 0.3) is 0 Å². The summed E-state index contributed by atoms with van der Waals surface area (Å²) in [5.74, 6) is 0.353. The Morgan fingerprint density at radius 3 is 2.67 bits per heavy atom. The van der Waals surface area contributed by atoms with E-state index >= 15 is 0 Å². The summed E-state index contributed by atoms with van der Waals surface area (Å²) >= 11 is 0. The van der Waals surface area contributed by atoms with Crippen LogP contribution in [-0.4, -0.2) is 51.2 Å². The van der Waals surface area contributed by atoms with E-state index in [1.54, 1.807) is 4.57 Å². The fourth-order valence-electron chi connectivity index (χ4n) is 3.40. The van der Waals surface area contributed by atoms with E-state index in [4.69, 9.17) is 5.11 Å². The third kappa shape index (κ3) is 3.01. The number of nitrogens with zero attached hydrogens (tertiary/aromatic N) is 3. The number of nitrogens with one attached hydrogen (secondary N) is 1. The summed E-state index contributed by atoms with van der Waals surface area (Å²) in [6, 6.07) is -0.0111. The number of carbonyl (C=O) groups excluding carboxylic acids is 1. The van der Waals surface area contributed by atoms with Gasteiger partial charge in [-0.2, -0.15) is 0 Å². The molecule has 7 heteroatoms. The summed E-state index contributed by atoms with van der Waals surface area (Å²) in [5.41, 5.74) is 0.0219. The molecule has 7 nitrogen and oxygen atoms in total. The van der Waals surface area contributed by atoms with E-state index in [1.807, 2.05) is 4.90 Å². The number of amides is 2. The molecule has 1 saturated heterocycles. The number of hydrogen-bond acceptors (Lipinski definition) is 3. The Kier molecular flexibility index (Phi) is 3.81. The Hall–Kier alpha value is -2.05. The molecule has 1 aromatic rings. The highest BCUT2D eigenvalue weighted by atomic mass is 16.4. The van der Waals surface area contributed by atoms with Crippen LogP contribution >= 0.6 is 0 Å². The van der Waals surface area contributed by atoms with Crippen molar-refractivity contribution in [2.75, 3.05) is 19.6 Å². The number of imidazole rings is 1. The number of likely N-dealkylation sites (tertiary alicyclic amines) is 1. The molecule has 0 radical (unpaired) electrons. The van der Waals surface area contributed by atoms with Gasteiger partial charge in [0.05, 0.1) is 6.33 Å². The Bertz CT molecular complexity index is 530. The van der Waals surface area contributed by atoms with Crippen LogP contribution in [0, 0.1) is 11.8 Å². The van der Waals surface area contributed by atoms with Gasteiger partial charge in [0.1, 0.15) is 0 Å². The summed E-state index contributed by atoms with van der Waals surface area (Å²) in [6.07, 6.45) is 6.74. The molecule has 1 saturated carbocycles. The minimum Gasteiger partial charge on any atom is -0.476 e. The summed E-state index contributed by atoms with van der Waals surface area (Å²) in [5, 5.41) is 11.7. The minimum absolute atomic E-state index is 0.0111. The summed E-state index contributed by atoms with van der Waals surface area (Å²) in [6.45, 7) is 2.75. The lowest BCUT2D eigenvalue weighted by Crippen LogP contribution is -2.40. The van der Waals surface area contributed by atoms with E-state index in [0.717, 1.165) is 13.1 Å². The molecule has 2 atom stereocenters. The molecular weight excluding hydrogens is 272 g/mol. The quantitative estimate of drug-likeness (QED) is 0.867. The third-order valence-corrected chi connectivity index (χ3v) is 4.51. The largest absolute Gasteiger partial charge is 0.476 e. The second-order valence-electron chi connectivity index (χ2n) is 5.89. The van der Waals surface area contributed by atoms with Crippen molar-refractivity contribution >= 4 is 12.0 Å². The first-order valence-corrected chi connectivity index (χ1v) is 7.41. The van der Waals surface area contributed by atoms with Gasteiger partial charge in [0.2, 0.25) is 0 Å². The van der Waals surface area contributed by atoms with E-state index < -0.39 is 5.97 Å². The van der Waals surface area contributed by atoms with Crippen LogP contribution in [0.5, 0.6) is 0 Å². The second kappa shape index (κ2) is 5.75. The summed E-state index contributed by atoms with van der Waals surface area (Å²) < 4.78 is 1.67. The van der Waals surface area contributed by atoms with E-state index in [0.29, 0.717) is 24.9 Å². The number of fused-ring (bicyclic) bond motifs is 1. The molecule has 1 aliphatic carbocycles. The topological polar surface area (TPSA) is 87.5 Å². The Labute approximate surface area is 122 Å². The molecule has 0 bridgehead atoms. The molecule has 114 valence electrons. The van der Waals surface area contributed by atoms with Gasteiger partial charge in [-0.1, -0.05) is 6.42 Å². The molecule has 1 aromatic heterocycles. The average Bonchev–Trinajstić information content (AvgIpc) is 3.13. The molecular formula is C14H20N4O3. The molecule has 2 heterocycles. The predicted octanol–water partition coefficient (Wildman–Crippen LogP) is 1.02. The van der Waals surface area contributed by atoms with Gasteiger partial charge in [-0.25, -0.2) is 14.6 Å². The Morgan fingerprint density at radius 2 is 2.05 bits per heavy atom. The number of rotatable bonds is 4. The van der Waals surface area contributed by atoms with Gasteiger partial charge in [0, 0.05) is 32.4 Å². The van der Waals surface area contributed by atoms with E-state index in [9.17, 15) is 9.59 Å². The van der Waals surface area contributed by atoms with Gasteiger partial charge >= 0.3 is 12.0 Å². The number of urea groups is 1. The molecule has 2 fully saturated rings. The van der Waals surface area contributed by atoms with Gasteiger partial charge in [0.15, 0.2) is 5.69 Å². The molecule has 2 aliphatic rings. The minimum atomic E-state index is -1.04. The van der Waals surface area contributed by atoms with Crippen molar-refractivity contribution in [2.24, 2.45) is 11.8 Å². The molecule has 1 aliphatic heterocycles. The lowest BCUT2D eigenvalue weighted by molar-refractivity contribution is 0.0691. The number of carboxylic acid groups (broad SMARTS) is 1. The highest BCUT2D eigenvalue weighted by Gasteiger charge is 2.37. The number of hydrogen-bond donors (Lipinski definition) is 2. The van der Waals surface area contributed by atoms with E-state index in [1.165, 1.54) is 31.8 Å². The van der Waals surface area contributed by atoms with E-state index in [-0.39, 0.29) is 11.7 Å². The first-order chi connectivity index (χ1) is 10.1. The maximum Gasteiger partial charge on any atom is 0.356 e. The number of aromatic nitrogens is 2. The van der Waals surface area contributed by atoms with Crippen LogP contribution < -0.4 is 5.32 Å². The number of carbonyl (C=O) groups is 2. The van der Waals surface area contributed by atoms with Crippen LogP contribution in [0.15, 0.2) is 12.5 Å². The molecule has 3 rings (SSSR count). The normalized spacial score (nSPS) is 24.1. The molecule has 2 amide bonds. The predicted molar refractivity (Wildman–Crippen MR) is 75.0 cm³/mol. The van der Waals surface area contributed by atoms with E-state index in [2.05, 4.69) is 10.3 Å². The van der Waals surface area contributed by atoms with Crippen molar-refractivity contribution in [1.82, 2.24) is 19.8 Å². The first-order valence-electron chi connectivity index (χ1n) is 7.41. The van der Waals surface area contributed by atoms with Crippen molar-refractivity contribution in [3.8, 4) is 0 Å². The van der Waals surface area contributed by atoms with Crippen LogP contribution in [0.4, 0.5) is 4.79 Å². The Morgan fingerprint density at radius 1 is 1.33 bits per heavy atom. The van der Waals surface area contributed by atoms with Crippen molar-refractivity contribution in [2.45, 2.75) is 25.8 Å².